The van der Waals surface area contributed by atoms with E-state index in [-0.39, 0.29) is 5.56 Å². The van der Waals surface area contributed by atoms with E-state index < -0.39 is 11.2 Å². The summed E-state index contributed by atoms with van der Waals surface area (Å²) >= 11 is 0. The van der Waals surface area contributed by atoms with Crippen molar-refractivity contribution in [1.29, 1.82) is 10.5 Å². The molecule has 1 aliphatic rings. The van der Waals surface area contributed by atoms with Crippen LogP contribution in [-0.4, -0.2) is 0 Å². The molecular formula is C12H9FN2. The Labute approximate surface area is 87.6 Å². The second kappa shape index (κ2) is 3.37. The normalized spacial score (nSPS) is 17.3. The van der Waals surface area contributed by atoms with Crippen LogP contribution in [0, 0.1) is 28.5 Å². The van der Waals surface area contributed by atoms with Crippen molar-refractivity contribution >= 4 is 0 Å². The van der Waals surface area contributed by atoms with Gasteiger partial charge >= 0.3 is 0 Å². The van der Waals surface area contributed by atoms with Gasteiger partial charge in [0.05, 0.1) is 17.0 Å². The number of halogens is 1. The molecule has 0 atom stereocenters. The van der Waals surface area contributed by atoms with Crippen LogP contribution in [0.5, 0.6) is 0 Å². The van der Waals surface area contributed by atoms with Crippen molar-refractivity contribution in [2.24, 2.45) is 0 Å². The highest BCUT2D eigenvalue weighted by Gasteiger charge is 2.39. The van der Waals surface area contributed by atoms with Gasteiger partial charge in [-0.15, -0.1) is 0 Å². The van der Waals surface area contributed by atoms with Crippen molar-refractivity contribution in [2.45, 2.75) is 24.7 Å². The lowest BCUT2D eigenvalue weighted by molar-refractivity contribution is 0.323. The molecule has 3 heteroatoms. The molecule has 0 spiro atoms. The van der Waals surface area contributed by atoms with E-state index in [0.717, 1.165) is 24.8 Å². The summed E-state index contributed by atoms with van der Waals surface area (Å²) in [6.45, 7) is 0. The van der Waals surface area contributed by atoms with Gasteiger partial charge in [-0.3, -0.25) is 0 Å². The summed E-state index contributed by atoms with van der Waals surface area (Å²) < 4.78 is 13.1. The zero-order valence-electron chi connectivity index (χ0n) is 8.13. The molecule has 0 saturated heterocycles. The topological polar surface area (TPSA) is 47.6 Å². The minimum Gasteiger partial charge on any atom is -0.206 e. The SMILES string of the molecule is N#Cc1cc(C2(C#N)CCC2)ccc1F. The quantitative estimate of drug-likeness (QED) is 0.699. The van der Waals surface area contributed by atoms with E-state index in [2.05, 4.69) is 6.07 Å². The van der Waals surface area contributed by atoms with E-state index in [1.54, 1.807) is 12.1 Å². The largest absolute Gasteiger partial charge is 0.206 e. The Bertz CT molecular complexity index is 475. The van der Waals surface area contributed by atoms with E-state index in [1.165, 1.54) is 12.1 Å². The summed E-state index contributed by atoms with van der Waals surface area (Å²) in [6, 6.07) is 8.44. The van der Waals surface area contributed by atoms with Crippen molar-refractivity contribution in [1.82, 2.24) is 0 Å². The van der Waals surface area contributed by atoms with Crippen LogP contribution in [-0.2, 0) is 5.41 Å². The van der Waals surface area contributed by atoms with Gasteiger partial charge in [-0.2, -0.15) is 10.5 Å². The molecule has 1 saturated carbocycles. The van der Waals surface area contributed by atoms with E-state index in [1.807, 2.05) is 0 Å². The molecule has 0 bridgehead atoms. The molecule has 1 fully saturated rings. The zero-order chi connectivity index (χ0) is 10.9. The van der Waals surface area contributed by atoms with E-state index >= 15 is 0 Å². The van der Waals surface area contributed by atoms with E-state index in [4.69, 9.17) is 10.5 Å². The maximum atomic E-state index is 13.1. The van der Waals surface area contributed by atoms with Gasteiger partial charge in [-0.05, 0) is 37.0 Å². The van der Waals surface area contributed by atoms with Gasteiger partial charge in [0.25, 0.3) is 0 Å². The lowest BCUT2D eigenvalue weighted by atomic mass is 9.65. The first-order valence-corrected chi connectivity index (χ1v) is 4.83. The third-order valence-electron chi connectivity index (χ3n) is 3.06. The molecular weight excluding hydrogens is 191 g/mol. The Morgan fingerprint density at radius 2 is 2.00 bits per heavy atom. The van der Waals surface area contributed by atoms with Gasteiger partial charge in [0.1, 0.15) is 11.9 Å². The fourth-order valence-corrected chi connectivity index (χ4v) is 1.90. The molecule has 2 nitrogen and oxygen atoms in total. The standard InChI is InChI=1S/C12H9FN2/c13-11-3-2-10(6-9(11)7-14)12(8-15)4-1-5-12/h2-3,6H,1,4-5H2. The molecule has 0 aliphatic heterocycles. The molecule has 0 heterocycles. The predicted molar refractivity (Wildman–Crippen MR) is 52.3 cm³/mol. The molecule has 1 aromatic rings. The van der Waals surface area contributed by atoms with E-state index in [0.29, 0.717) is 0 Å². The Morgan fingerprint density at radius 3 is 2.47 bits per heavy atom. The number of nitrogens with zero attached hydrogens (tertiary/aromatic N) is 2. The van der Waals surface area contributed by atoms with Crippen LogP contribution in [0.25, 0.3) is 0 Å². The Balaban J connectivity index is 2.47. The first-order chi connectivity index (χ1) is 7.22. The number of rotatable bonds is 1. The highest BCUT2D eigenvalue weighted by molar-refractivity contribution is 5.42. The fourth-order valence-electron chi connectivity index (χ4n) is 1.90. The smallest absolute Gasteiger partial charge is 0.140 e. The number of benzene rings is 1. The van der Waals surface area contributed by atoms with Crippen LogP contribution < -0.4 is 0 Å². The maximum Gasteiger partial charge on any atom is 0.140 e. The maximum absolute atomic E-state index is 13.1. The molecule has 0 N–H and O–H groups in total. The van der Waals surface area contributed by atoms with Crippen LogP contribution in [0.15, 0.2) is 18.2 Å². The van der Waals surface area contributed by atoms with Crippen LogP contribution >= 0.6 is 0 Å². The summed E-state index contributed by atoms with van der Waals surface area (Å²) in [6.07, 6.45) is 2.63. The summed E-state index contributed by atoms with van der Waals surface area (Å²) in [5.41, 5.74) is 0.322. The molecule has 74 valence electrons. The van der Waals surface area contributed by atoms with Gasteiger partial charge in [-0.1, -0.05) is 6.07 Å². The highest BCUT2D eigenvalue weighted by atomic mass is 19.1. The van der Waals surface area contributed by atoms with Crippen LogP contribution in [0.3, 0.4) is 0 Å². The third kappa shape index (κ3) is 1.37. The average Bonchev–Trinajstić information content (AvgIpc) is 2.19. The highest BCUT2D eigenvalue weighted by Crippen LogP contribution is 2.43. The number of nitriles is 2. The first kappa shape index (κ1) is 9.68. The molecule has 15 heavy (non-hydrogen) atoms. The molecule has 0 radical (unpaired) electrons. The number of hydrogen-bond donors (Lipinski definition) is 0. The zero-order valence-corrected chi connectivity index (χ0v) is 8.13. The molecule has 2 rings (SSSR count). The molecule has 1 aromatic carbocycles. The molecule has 0 aromatic heterocycles. The monoisotopic (exact) mass is 200 g/mol. The van der Waals surface area contributed by atoms with Crippen LogP contribution in [0.2, 0.25) is 0 Å². The van der Waals surface area contributed by atoms with Crippen molar-refractivity contribution < 1.29 is 4.39 Å². The van der Waals surface area contributed by atoms with Gasteiger partial charge in [0, 0.05) is 0 Å². The Kier molecular flexibility index (Phi) is 2.17. The molecule has 1 aliphatic carbocycles. The fraction of sp³-hybridized carbons (Fsp3) is 0.333. The van der Waals surface area contributed by atoms with E-state index in [9.17, 15) is 4.39 Å². The Morgan fingerprint density at radius 1 is 1.27 bits per heavy atom. The second-order valence-corrected chi connectivity index (χ2v) is 3.85. The summed E-state index contributed by atoms with van der Waals surface area (Å²) in [4.78, 5) is 0. The minimum atomic E-state index is -0.520. The van der Waals surface area contributed by atoms with Crippen molar-refractivity contribution in [3.63, 3.8) is 0 Å². The Hall–Kier alpha value is -1.87. The lowest BCUT2D eigenvalue weighted by Gasteiger charge is -2.35. The summed E-state index contributed by atoms with van der Waals surface area (Å²) in [5, 5.41) is 17.8. The molecule has 0 unspecified atom stereocenters. The number of hydrogen-bond acceptors (Lipinski definition) is 2. The van der Waals surface area contributed by atoms with Crippen LogP contribution in [0.1, 0.15) is 30.4 Å². The van der Waals surface area contributed by atoms with Gasteiger partial charge in [0.15, 0.2) is 0 Å². The van der Waals surface area contributed by atoms with Gasteiger partial charge < -0.3 is 0 Å². The van der Waals surface area contributed by atoms with Gasteiger partial charge in [-0.25, -0.2) is 4.39 Å². The third-order valence-corrected chi connectivity index (χ3v) is 3.06. The van der Waals surface area contributed by atoms with Crippen LogP contribution in [0.4, 0.5) is 4.39 Å². The summed E-state index contributed by atoms with van der Waals surface area (Å²) in [7, 11) is 0. The molecule has 0 amide bonds. The average molecular weight is 200 g/mol. The predicted octanol–water partition coefficient (Wildman–Crippen LogP) is 2.64. The first-order valence-electron chi connectivity index (χ1n) is 4.83. The van der Waals surface area contributed by atoms with Gasteiger partial charge in [0.2, 0.25) is 0 Å². The summed E-state index contributed by atoms with van der Waals surface area (Å²) in [5.74, 6) is -0.520. The van der Waals surface area contributed by atoms with Crippen molar-refractivity contribution in [3.05, 3.63) is 35.1 Å². The minimum absolute atomic E-state index is 0.0222. The lowest BCUT2D eigenvalue weighted by Crippen LogP contribution is -2.32. The second-order valence-electron chi connectivity index (χ2n) is 3.85. The van der Waals surface area contributed by atoms with Crippen molar-refractivity contribution in [3.8, 4) is 12.1 Å². The van der Waals surface area contributed by atoms with Crippen molar-refractivity contribution in [2.75, 3.05) is 0 Å².